The Bertz CT molecular complexity index is 583. The van der Waals surface area contributed by atoms with Gasteiger partial charge in [0.1, 0.15) is 5.75 Å². The van der Waals surface area contributed by atoms with Crippen molar-refractivity contribution in [1.82, 2.24) is 5.32 Å². The van der Waals surface area contributed by atoms with Crippen molar-refractivity contribution in [3.8, 4) is 5.75 Å². The second-order valence-electron chi connectivity index (χ2n) is 5.22. The number of nitrogens with one attached hydrogen (secondary N) is 1. The van der Waals surface area contributed by atoms with E-state index < -0.39 is 0 Å². The molecule has 2 rings (SSSR count). The molecule has 0 aliphatic heterocycles. The fraction of sp³-hybridized carbons (Fsp3) is 0.333. The molecule has 1 N–H and O–H groups in total. The van der Waals surface area contributed by atoms with Crippen molar-refractivity contribution in [3.63, 3.8) is 0 Å². The normalized spacial score (nSPS) is 12.4. The minimum atomic E-state index is 0.151. The Balaban J connectivity index is 2.46. The molecule has 2 aromatic rings. The Kier molecular flexibility index (Phi) is 6.06. The highest BCUT2D eigenvalue weighted by Crippen LogP contribution is 2.32. The first-order valence-electron chi connectivity index (χ1n) is 7.36. The lowest BCUT2D eigenvalue weighted by molar-refractivity contribution is 0.238. The second kappa shape index (κ2) is 7.80. The molecule has 2 aromatic carbocycles. The van der Waals surface area contributed by atoms with Crippen LogP contribution in [0.1, 0.15) is 37.9 Å². The standard InChI is InChI=1S/C18H22INO/c1-4-20-18(14-9-5-7-11-16(14)19)15-10-6-8-12-17(15)21-13(2)3/h5-13,18,20H,4H2,1-3H3. The van der Waals surface area contributed by atoms with Crippen LogP contribution in [0.4, 0.5) is 0 Å². The highest BCUT2D eigenvalue weighted by Gasteiger charge is 2.19. The van der Waals surface area contributed by atoms with Crippen LogP contribution < -0.4 is 10.1 Å². The quantitative estimate of drug-likeness (QED) is 0.711. The molecule has 0 aromatic heterocycles. The summed E-state index contributed by atoms with van der Waals surface area (Å²) < 4.78 is 7.26. The van der Waals surface area contributed by atoms with Gasteiger partial charge in [-0.05, 0) is 60.7 Å². The van der Waals surface area contributed by atoms with E-state index in [1.807, 2.05) is 6.07 Å². The van der Waals surface area contributed by atoms with Gasteiger partial charge in [0.15, 0.2) is 0 Å². The molecule has 0 spiro atoms. The first kappa shape index (κ1) is 16.3. The van der Waals surface area contributed by atoms with Gasteiger partial charge < -0.3 is 10.1 Å². The molecule has 0 radical (unpaired) electrons. The Morgan fingerprint density at radius 1 is 1.00 bits per heavy atom. The lowest BCUT2D eigenvalue weighted by Crippen LogP contribution is -2.24. The number of halogens is 1. The molecular formula is C18H22INO. The molecule has 112 valence electrons. The Labute approximate surface area is 141 Å². The van der Waals surface area contributed by atoms with Crippen molar-refractivity contribution in [2.75, 3.05) is 6.54 Å². The first-order chi connectivity index (χ1) is 10.1. The molecule has 1 unspecified atom stereocenters. The molecule has 0 saturated carbocycles. The van der Waals surface area contributed by atoms with Crippen molar-refractivity contribution >= 4 is 22.6 Å². The molecular weight excluding hydrogens is 373 g/mol. The summed E-state index contributed by atoms with van der Waals surface area (Å²) in [5.74, 6) is 0.957. The van der Waals surface area contributed by atoms with Crippen molar-refractivity contribution < 1.29 is 4.74 Å². The summed E-state index contributed by atoms with van der Waals surface area (Å²) in [6.07, 6.45) is 0.170. The molecule has 0 saturated heterocycles. The first-order valence-corrected chi connectivity index (χ1v) is 8.44. The molecule has 0 heterocycles. The van der Waals surface area contributed by atoms with Crippen LogP contribution in [0.2, 0.25) is 0 Å². The van der Waals surface area contributed by atoms with Gasteiger partial charge in [-0.3, -0.25) is 0 Å². The smallest absolute Gasteiger partial charge is 0.124 e. The van der Waals surface area contributed by atoms with Crippen LogP contribution in [0.25, 0.3) is 0 Å². The van der Waals surface area contributed by atoms with E-state index in [9.17, 15) is 0 Å². The van der Waals surface area contributed by atoms with E-state index >= 15 is 0 Å². The van der Waals surface area contributed by atoms with Crippen LogP contribution in [0.5, 0.6) is 5.75 Å². The van der Waals surface area contributed by atoms with Gasteiger partial charge in [-0.2, -0.15) is 0 Å². The summed E-state index contributed by atoms with van der Waals surface area (Å²) in [4.78, 5) is 0. The van der Waals surface area contributed by atoms with Gasteiger partial charge in [-0.15, -0.1) is 0 Å². The van der Waals surface area contributed by atoms with Gasteiger partial charge in [0, 0.05) is 9.13 Å². The highest BCUT2D eigenvalue weighted by molar-refractivity contribution is 14.1. The maximum Gasteiger partial charge on any atom is 0.124 e. The van der Waals surface area contributed by atoms with Crippen LogP contribution in [-0.4, -0.2) is 12.6 Å². The second-order valence-corrected chi connectivity index (χ2v) is 6.38. The van der Waals surface area contributed by atoms with E-state index in [0.29, 0.717) is 0 Å². The summed E-state index contributed by atoms with van der Waals surface area (Å²) in [5, 5.41) is 3.58. The summed E-state index contributed by atoms with van der Waals surface area (Å²) in [6, 6.07) is 16.9. The van der Waals surface area contributed by atoms with Crippen molar-refractivity contribution in [1.29, 1.82) is 0 Å². The fourth-order valence-electron chi connectivity index (χ4n) is 2.38. The van der Waals surface area contributed by atoms with E-state index in [0.717, 1.165) is 12.3 Å². The zero-order chi connectivity index (χ0) is 15.2. The number of benzene rings is 2. The molecule has 1 atom stereocenters. The molecule has 0 bridgehead atoms. The highest BCUT2D eigenvalue weighted by atomic mass is 127. The number of rotatable bonds is 6. The van der Waals surface area contributed by atoms with Gasteiger partial charge in [0.2, 0.25) is 0 Å². The lowest BCUT2D eigenvalue weighted by atomic mass is 9.97. The lowest BCUT2D eigenvalue weighted by Gasteiger charge is -2.24. The summed E-state index contributed by atoms with van der Waals surface area (Å²) >= 11 is 2.40. The largest absolute Gasteiger partial charge is 0.491 e. The topological polar surface area (TPSA) is 21.3 Å². The van der Waals surface area contributed by atoms with Gasteiger partial charge in [0.25, 0.3) is 0 Å². The van der Waals surface area contributed by atoms with Gasteiger partial charge >= 0.3 is 0 Å². The third-order valence-corrected chi connectivity index (χ3v) is 4.20. The predicted octanol–water partition coefficient (Wildman–Crippen LogP) is 4.78. The van der Waals surface area contributed by atoms with Crippen LogP contribution >= 0.6 is 22.6 Å². The minimum Gasteiger partial charge on any atom is -0.491 e. The molecule has 0 aliphatic rings. The number of hydrogen-bond acceptors (Lipinski definition) is 2. The third-order valence-electron chi connectivity index (χ3n) is 3.22. The SMILES string of the molecule is CCNC(c1ccccc1I)c1ccccc1OC(C)C. The summed E-state index contributed by atoms with van der Waals surface area (Å²) in [6.45, 7) is 7.16. The van der Waals surface area contributed by atoms with E-state index in [2.05, 4.69) is 91.1 Å². The molecule has 3 heteroatoms. The average molecular weight is 395 g/mol. The van der Waals surface area contributed by atoms with Crippen molar-refractivity contribution in [2.24, 2.45) is 0 Å². The molecule has 0 aliphatic carbocycles. The van der Waals surface area contributed by atoms with E-state index in [4.69, 9.17) is 4.74 Å². The van der Waals surface area contributed by atoms with Crippen LogP contribution in [-0.2, 0) is 0 Å². The third kappa shape index (κ3) is 4.20. The van der Waals surface area contributed by atoms with Crippen LogP contribution in [0, 0.1) is 3.57 Å². The summed E-state index contributed by atoms with van der Waals surface area (Å²) in [5.41, 5.74) is 2.48. The Hall–Kier alpha value is -1.07. The van der Waals surface area contributed by atoms with Gasteiger partial charge in [-0.1, -0.05) is 43.3 Å². The number of ether oxygens (including phenoxy) is 1. The van der Waals surface area contributed by atoms with E-state index in [-0.39, 0.29) is 12.1 Å². The number of para-hydroxylation sites is 1. The minimum absolute atomic E-state index is 0.151. The van der Waals surface area contributed by atoms with Crippen molar-refractivity contribution in [2.45, 2.75) is 32.9 Å². The average Bonchev–Trinajstić information content (AvgIpc) is 2.46. The monoisotopic (exact) mass is 395 g/mol. The van der Waals surface area contributed by atoms with Crippen molar-refractivity contribution in [3.05, 3.63) is 63.2 Å². The molecule has 21 heavy (non-hydrogen) atoms. The maximum atomic E-state index is 5.99. The zero-order valence-electron chi connectivity index (χ0n) is 12.8. The Morgan fingerprint density at radius 3 is 2.24 bits per heavy atom. The maximum absolute atomic E-state index is 5.99. The van der Waals surface area contributed by atoms with Gasteiger partial charge in [0.05, 0.1) is 12.1 Å². The fourth-order valence-corrected chi connectivity index (χ4v) is 3.08. The summed E-state index contributed by atoms with van der Waals surface area (Å²) in [7, 11) is 0. The molecule has 0 amide bonds. The van der Waals surface area contributed by atoms with E-state index in [1.165, 1.54) is 14.7 Å². The van der Waals surface area contributed by atoms with Crippen LogP contribution in [0.3, 0.4) is 0 Å². The predicted molar refractivity (Wildman–Crippen MR) is 96.9 cm³/mol. The molecule has 2 nitrogen and oxygen atoms in total. The van der Waals surface area contributed by atoms with Crippen LogP contribution in [0.15, 0.2) is 48.5 Å². The zero-order valence-corrected chi connectivity index (χ0v) is 14.9. The molecule has 0 fully saturated rings. The van der Waals surface area contributed by atoms with E-state index in [1.54, 1.807) is 0 Å². The number of hydrogen-bond donors (Lipinski definition) is 1. The Morgan fingerprint density at radius 2 is 1.62 bits per heavy atom. The van der Waals surface area contributed by atoms with Gasteiger partial charge in [-0.25, -0.2) is 0 Å².